The monoisotopic (exact) mass is 250 g/mol. The number of nitrogens with zero attached hydrogens (tertiary/aromatic N) is 2. The number of anilines is 2. The van der Waals surface area contributed by atoms with E-state index in [1.54, 1.807) is 19.2 Å². The van der Waals surface area contributed by atoms with Crippen LogP contribution in [0.25, 0.3) is 0 Å². The zero-order chi connectivity index (χ0) is 13.0. The van der Waals surface area contributed by atoms with Crippen LogP contribution in [0.15, 0.2) is 18.3 Å². The molecule has 0 spiro atoms. The minimum absolute atomic E-state index is 0.211. The summed E-state index contributed by atoms with van der Waals surface area (Å²) in [6.07, 6.45) is 1.71. The molecule has 0 saturated carbocycles. The predicted octanol–water partition coefficient (Wildman–Crippen LogP) is 0.204. The summed E-state index contributed by atoms with van der Waals surface area (Å²) >= 11 is 0. The number of carbonyl (C=O) groups is 1. The van der Waals surface area contributed by atoms with Gasteiger partial charge in [-0.2, -0.15) is 0 Å². The summed E-state index contributed by atoms with van der Waals surface area (Å²) < 4.78 is 5.30. The minimum Gasteiger partial charge on any atom is -0.378 e. The molecule has 3 N–H and O–H groups in total. The van der Waals surface area contributed by atoms with Crippen molar-refractivity contribution in [2.75, 3.05) is 36.5 Å². The SMILES string of the molecule is CC(N)C(=O)Nc1cccnc1N1CCOCC1. The number of ether oxygens (including phenoxy) is 1. The molecule has 1 unspecified atom stereocenters. The van der Waals surface area contributed by atoms with Gasteiger partial charge in [-0.05, 0) is 19.1 Å². The van der Waals surface area contributed by atoms with Gasteiger partial charge in [-0.15, -0.1) is 0 Å². The Labute approximate surface area is 106 Å². The van der Waals surface area contributed by atoms with Crippen molar-refractivity contribution in [2.24, 2.45) is 5.73 Å². The number of morpholine rings is 1. The molecular formula is C12H18N4O2. The van der Waals surface area contributed by atoms with E-state index < -0.39 is 6.04 Å². The van der Waals surface area contributed by atoms with Gasteiger partial charge in [-0.1, -0.05) is 0 Å². The van der Waals surface area contributed by atoms with E-state index in [0.29, 0.717) is 18.9 Å². The van der Waals surface area contributed by atoms with Crippen molar-refractivity contribution in [3.63, 3.8) is 0 Å². The first-order valence-electron chi connectivity index (χ1n) is 6.02. The fourth-order valence-corrected chi connectivity index (χ4v) is 1.77. The van der Waals surface area contributed by atoms with Crippen LogP contribution in [-0.4, -0.2) is 43.2 Å². The molecule has 1 aliphatic heterocycles. The Bertz CT molecular complexity index is 416. The highest BCUT2D eigenvalue weighted by Crippen LogP contribution is 2.23. The molecule has 1 atom stereocenters. The van der Waals surface area contributed by atoms with Crippen LogP contribution < -0.4 is 16.0 Å². The Morgan fingerprint density at radius 1 is 1.56 bits per heavy atom. The lowest BCUT2D eigenvalue weighted by Crippen LogP contribution is -2.38. The number of nitrogens with two attached hydrogens (primary N) is 1. The molecule has 1 fully saturated rings. The van der Waals surface area contributed by atoms with E-state index in [2.05, 4.69) is 15.2 Å². The number of hydrogen-bond acceptors (Lipinski definition) is 5. The van der Waals surface area contributed by atoms with Crippen LogP contribution in [0.3, 0.4) is 0 Å². The van der Waals surface area contributed by atoms with E-state index in [9.17, 15) is 4.79 Å². The molecule has 1 saturated heterocycles. The van der Waals surface area contributed by atoms with Crippen molar-refractivity contribution in [2.45, 2.75) is 13.0 Å². The van der Waals surface area contributed by atoms with E-state index in [-0.39, 0.29) is 5.91 Å². The van der Waals surface area contributed by atoms with Gasteiger partial charge >= 0.3 is 0 Å². The molecule has 1 aliphatic rings. The summed E-state index contributed by atoms with van der Waals surface area (Å²) in [7, 11) is 0. The fraction of sp³-hybridized carbons (Fsp3) is 0.500. The van der Waals surface area contributed by atoms with E-state index in [1.165, 1.54) is 0 Å². The standard InChI is InChI=1S/C12H18N4O2/c1-9(13)12(17)15-10-3-2-4-14-11(10)16-5-7-18-8-6-16/h2-4,9H,5-8,13H2,1H3,(H,15,17). The van der Waals surface area contributed by atoms with Crippen molar-refractivity contribution in [1.29, 1.82) is 0 Å². The maximum atomic E-state index is 11.6. The number of aromatic nitrogens is 1. The molecule has 6 nitrogen and oxygen atoms in total. The van der Waals surface area contributed by atoms with Gasteiger partial charge in [0, 0.05) is 19.3 Å². The van der Waals surface area contributed by atoms with E-state index in [0.717, 1.165) is 18.9 Å². The zero-order valence-corrected chi connectivity index (χ0v) is 10.4. The average molecular weight is 250 g/mol. The van der Waals surface area contributed by atoms with Crippen molar-refractivity contribution in [1.82, 2.24) is 4.98 Å². The molecule has 2 heterocycles. The summed E-state index contributed by atoms with van der Waals surface area (Å²) in [6.45, 7) is 4.56. The molecule has 1 aromatic heterocycles. The molecular weight excluding hydrogens is 232 g/mol. The van der Waals surface area contributed by atoms with Crippen LogP contribution >= 0.6 is 0 Å². The third-order valence-electron chi connectivity index (χ3n) is 2.77. The largest absolute Gasteiger partial charge is 0.378 e. The zero-order valence-electron chi connectivity index (χ0n) is 10.4. The summed E-state index contributed by atoms with van der Waals surface area (Å²) in [5.74, 6) is 0.562. The first kappa shape index (κ1) is 12.8. The normalized spacial score (nSPS) is 17.3. The molecule has 98 valence electrons. The molecule has 0 aromatic carbocycles. The maximum absolute atomic E-state index is 11.6. The van der Waals surface area contributed by atoms with E-state index in [1.807, 2.05) is 6.07 Å². The number of rotatable bonds is 3. The predicted molar refractivity (Wildman–Crippen MR) is 69.5 cm³/mol. The Morgan fingerprint density at radius 2 is 2.28 bits per heavy atom. The van der Waals surface area contributed by atoms with Crippen LogP contribution in [0, 0.1) is 0 Å². The highest BCUT2D eigenvalue weighted by Gasteiger charge is 2.17. The Morgan fingerprint density at radius 3 is 2.94 bits per heavy atom. The van der Waals surface area contributed by atoms with Gasteiger partial charge in [-0.3, -0.25) is 4.79 Å². The van der Waals surface area contributed by atoms with Crippen LogP contribution in [0.2, 0.25) is 0 Å². The van der Waals surface area contributed by atoms with Gasteiger partial charge in [0.1, 0.15) is 0 Å². The second-order valence-corrected chi connectivity index (χ2v) is 4.25. The van der Waals surface area contributed by atoms with Gasteiger partial charge in [-0.25, -0.2) is 4.98 Å². The van der Waals surface area contributed by atoms with Crippen molar-refractivity contribution >= 4 is 17.4 Å². The summed E-state index contributed by atoms with van der Waals surface area (Å²) in [6, 6.07) is 3.08. The van der Waals surface area contributed by atoms with Crippen LogP contribution in [0.5, 0.6) is 0 Å². The summed E-state index contributed by atoms with van der Waals surface area (Å²) in [4.78, 5) is 18.1. The summed E-state index contributed by atoms with van der Waals surface area (Å²) in [5, 5.41) is 2.80. The van der Waals surface area contributed by atoms with E-state index in [4.69, 9.17) is 10.5 Å². The average Bonchev–Trinajstić information content (AvgIpc) is 2.40. The Hall–Kier alpha value is -1.66. The molecule has 1 aromatic rings. The molecule has 0 aliphatic carbocycles. The minimum atomic E-state index is -0.539. The Kier molecular flexibility index (Phi) is 4.11. The lowest BCUT2D eigenvalue weighted by molar-refractivity contribution is -0.117. The van der Waals surface area contributed by atoms with Gasteiger partial charge < -0.3 is 20.7 Å². The highest BCUT2D eigenvalue weighted by atomic mass is 16.5. The third kappa shape index (κ3) is 2.96. The van der Waals surface area contributed by atoms with Crippen LogP contribution in [0.1, 0.15) is 6.92 Å². The fourth-order valence-electron chi connectivity index (χ4n) is 1.77. The Balaban J connectivity index is 2.16. The van der Waals surface area contributed by atoms with Crippen molar-refractivity contribution in [3.05, 3.63) is 18.3 Å². The maximum Gasteiger partial charge on any atom is 0.241 e. The van der Waals surface area contributed by atoms with Crippen molar-refractivity contribution < 1.29 is 9.53 Å². The number of amides is 1. The molecule has 2 rings (SSSR count). The highest BCUT2D eigenvalue weighted by molar-refractivity contribution is 5.96. The number of hydrogen-bond donors (Lipinski definition) is 2. The lowest BCUT2D eigenvalue weighted by atomic mass is 10.3. The number of carbonyl (C=O) groups excluding carboxylic acids is 1. The molecule has 1 amide bonds. The topological polar surface area (TPSA) is 80.5 Å². The first-order chi connectivity index (χ1) is 8.68. The molecule has 0 bridgehead atoms. The third-order valence-corrected chi connectivity index (χ3v) is 2.77. The van der Waals surface area contributed by atoms with E-state index >= 15 is 0 Å². The molecule has 6 heteroatoms. The lowest BCUT2D eigenvalue weighted by Gasteiger charge is -2.29. The quantitative estimate of drug-likeness (QED) is 0.801. The molecule has 18 heavy (non-hydrogen) atoms. The van der Waals surface area contributed by atoms with Gasteiger partial charge in [0.15, 0.2) is 5.82 Å². The van der Waals surface area contributed by atoms with Crippen molar-refractivity contribution in [3.8, 4) is 0 Å². The van der Waals surface area contributed by atoms with Crippen LogP contribution in [-0.2, 0) is 9.53 Å². The number of pyridine rings is 1. The smallest absolute Gasteiger partial charge is 0.241 e. The number of nitrogens with one attached hydrogen (secondary N) is 1. The van der Waals surface area contributed by atoms with Gasteiger partial charge in [0.25, 0.3) is 0 Å². The summed E-state index contributed by atoms with van der Waals surface area (Å²) in [5.41, 5.74) is 6.24. The van der Waals surface area contributed by atoms with Gasteiger partial charge in [0.2, 0.25) is 5.91 Å². The molecule has 0 radical (unpaired) electrons. The van der Waals surface area contributed by atoms with Crippen LogP contribution in [0.4, 0.5) is 11.5 Å². The second-order valence-electron chi connectivity index (χ2n) is 4.25. The second kappa shape index (κ2) is 5.79. The van der Waals surface area contributed by atoms with Gasteiger partial charge in [0.05, 0.1) is 24.9 Å². The first-order valence-corrected chi connectivity index (χ1v) is 6.02.